The van der Waals surface area contributed by atoms with Crippen LogP contribution in [0.1, 0.15) is 47.0 Å². The van der Waals surface area contributed by atoms with Gasteiger partial charge in [0.05, 0.1) is 11.5 Å². The summed E-state index contributed by atoms with van der Waals surface area (Å²) in [6.07, 6.45) is 8.34. The first-order valence-corrected chi connectivity index (χ1v) is 6.61. The number of aliphatic hydroxyl groups is 1. The second-order valence-corrected chi connectivity index (χ2v) is 7.02. The van der Waals surface area contributed by atoms with Gasteiger partial charge in [0, 0.05) is 0 Å². The fraction of sp³-hybridized carbons (Fsp3) is 0.800. The molecule has 96 valence electrons. The molecule has 17 heavy (non-hydrogen) atoms. The van der Waals surface area contributed by atoms with Crippen molar-refractivity contribution < 1.29 is 9.90 Å². The van der Waals surface area contributed by atoms with Crippen LogP contribution in [-0.4, -0.2) is 17.0 Å². The Hall–Kier alpha value is -0.630. The minimum Gasteiger partial charge on any atom is -0.385 e. The van der Waals surface area contributed by atoms with E-state index in [1.54, 1.807) is 6.92 Å². The van der Waals surface area contributed by atoms with Gasteiger partial charge in [-0.1, -0.05) is 39.3 Å². The van der Waals surface area contributed by atoms with Crippen LogP contribution in [0.25, 0.3) is 0 Å². The minimum absolute atomic E-state index is 0.0955. The number of hydrogen-bond donors (Lipinski definition) is 1. The van der Waals surface area contributed by atoms with Crippen molar-refractivity contribution in [1.29, 1.82) is 0 Å². The summed E-state index contributed by atoms with van der Waals surface area (Å²) < 4.78 is 0. The predicted molar refractivity (Wildman–Crippen MR) is 68.5 cm³/mol. The highest BCUT2D eigenvalue weighted by molar-refractivity contribution is 5.59. The van der Waals surface area contributed by atoms with Gasteiger partial charge in [-0.2, -0.15) is 0 Å². The van der Waals surface area contributed by atoms with E-state index in [0.29, 0.717) is 5.92 Å². The molecule has 0 aliphatic heterocycles. The number of carbonyl (C=O) groups is 1. The van der Waals surface area contributed by atoms with Crippen LogP contribution in [0.2, 0.25) is 0 Å². The number of rotatable bonds is 1. The van der Waals surface area contributed by atoms with Crippen LogP contribution < -0.4 is 0 Å². The van der Waals surface area contributed by atoms with Crippen molar-refractivity contribution in [1.82, 2.24) is 0 Å². The second kappa shape index (κ2) is 3.68. The molecule has 0 aromatic carbocycles. The maximum atomic E-state index is 11.5. The van der Waals surface area contributed by atoms with Gasteiger partial charge in [-0.25, -0.2) is 0 Å². The van der Waals surface area contributed by atoms with E-state index in [9.17, 15) is 9.90 Å². The van der Waals surface area contributed by atoms with Crippen LogP contribution in [0.5, 0.6) is 0 Å². The van der Waals surface area contributed by atoms with Crippen LogP contribution in [0.15, 0.2) is 12.2 Å². The maximum absolute atomic E-state index is 11.5. The van der Waals surface area contributed by atoms with Crippen LogP contribution in [0.4, 0.5) is 0 Å². The number of aldehydes is 1. The lowest BCUT2D eigenvalue weighted by molar-refractivity contribution is -0.137. The molecule has 2 aliphatic carbocycles. The standard InChI is InChI=1S/C15H24O2/c1-13(2)7-5-8-14(3)11(13)6-9-15(4,17)12(14)10-16/h6,9-12,17H,5,7-8H2,1-4H3/t11-,12+,14-,15+/m0/s1. The third-order valence-corrected chi connectivity index (χ3v) is 5.19. The molecule has 0 radical (unpaired) electrons. The van der Waals surface area contributed by atoms with Gasteiger partial charge in [-0.15, -0.1) is 0 Å². The van der Waals surface area contributed by atoms with Crippen LogP contribution in [0.3, 0.4) is 0 Å². The highest BCUT2D eigenvalue weighted by atomic mass is 16.3. The van der Waals surface area contributed by atoms with E-state index in [-0.39, 0.29) is 16.7 Å². The smallest absolute Gasteiger partial charge is 0.126 e. The van der Waals surface area contributed by atoms with E-state index in [4.69, 9.17) is 0 Å². The second-order valence-electron chi connectivity index (χ2n) is 7.02. The van der Waals surface area contributed by atoms with Crippen LogP contribution in [-0.2, 0) is 4.79 Å². The molecule has 2 heteroatoms. The molecule has 2 rings (SSSR count). The Balaban J connectivity index is 2.50. The molecular weight excluding hydrogens is 212 g/mol. The van der Waals surface area contributed by atoms with Gasteiger partial charge >= 0.3 is 0 Å². The van der Waals surface area contributed by atoms with Gasteiger partial charge < -0.3 is 9.90 Å². The third kappa shape index (κ3) is 1.77. The monoisotopic (exact) mass is 236 g/mol. The Kier molecular flexibility index (Phi) is 2.77. The van der Waals surface area contributed by atoms with E-state index in [2.05, 4.69) is 26.8 Å². The molecule has 0 aromatic rings. The lowest BCUT2D eigenvalue weighted by Gasteiger charge is -2.56. The van der Waals surface area contributed by atoms with Crippen molar-refractivity contribution in [2.24, 2.45) is 22.7 Å². The van der Waals surface area contributed by atoms with Gasteiger partial charge in [0.25, 0.3) is 0 Å². The lowest BCUT2D eigenvalue weighted by Crippen LogP contribution is -2.55. The van der Waals surface area contributed by atoms with Crippen molar-refractivity contribution in [3.05, 3.63) is 12.2 Å². The molecule has 2 aliphatic rings. The number of allylic oxidation sites excluding steroid dienone is 1. The first-order valence-electron chi connectivity index (χ1n) is 6.61. The molecule has 1 fully saturated rings. The van der Waals surface area contributed by atoms with E-state index >= 15 is 0 Å². The molecule has 0 saturated heterocycles. The molecule has 0 bridgehead atoms. The summed E-state index contributed by atoms with van der Waals surface area (Å²) in [7, 11) is 0. The van der Waals surface area contributed by atoms with Crippen molar-refractivity contribution in [2.45, 2.75) is 52.6 Å². The fourth-order valence-corrected chi connectivity index (χ4v) is 4.31. The molecule has 1 saturated carbocycles. The van der Waals surface area contributed by atoms with E-state index in [1.165, 1.54) is 6.42 Å². The zero-order valence-electron chi connectivity index (χ0n) is 11.4. The summed E-state index contributed by atoms with van der Waals surface area (Å²) in [6.45, 7) is 8.49. The normalized spacial score (nSPS) is 48.5. The van der Waals surface area contributed by atoms with Crippen molar-refractivity contribution >= 4 is 6.29 Å². The first-order chi connectivity index (χ1) is 7.74. The quantitative estimate of drug-likeness (QED) is 0.561. The van der Waals surface area contributed by atoms with Crippen molar-refractivity contribution in [3.63, 3.8) is 0 Å². The van der Waals surface area contributed by atoms with E-state index < -0.39 is 5.60 Å². The molecule has 0 unspecified atom stereocenters. The minimum atomic E-state index is -0.986. The molecular formula is C15H24O2. The third-order valence-electron chi connectivity index (χ3n) is 5.19. The van der Waals surface area contributed by atoms with Crippen molar-refractivity contribution in [2.75, 3.05) is 0 Å². The topological polar surface area (TPSA) is 37.3 Å². The fourth-order valence-electron chi connectivity index (χ4n) is 4.31. The van der Waals surface area contributed by atoms with Crippen molar-refractivity contribution in [3.8, 4) is 0 Å². The molecule has 0 spiro atoms. The summed E-state index contributed by atoms with van der Waals surface area (Å²) in [6, 6.07) is 0. The van der Waals surface area contributed by atoms with E-state index in [0.717, 1.165) is 19.1 Å². The highest BCUT2D eigenvalue weighted by Crippen LogP contribution is 2.59. The van der Waals surface area contributed by atoms with Crippen LogP contribution in [0, 0.1) is 22.7 Å². The number of carbonyl (C=O) groups excluding carboxylic acids is 1. The van der Waals surface area contributed by atoms with Gasteiger partial charge in [-0.05, 0) is 36.5 Å². The summed E-state index contributed by atoms with van der Waals surface area (Å²) in [4.78, 5) is 11.5. The predicted octanol–water partition coefficient (Wildman–Crippen LogP) is 2.95. The molecule has 4 atom stereocenters. The average molecular weight is 236 g/mol. The SMILES string of the molecule is CC1(C)CCC[C@]2(C)[C@@H](C=O)[C@](C)(O)C=C[C@@H]12. The van der Waals surface area contributed by atoms with E-state index in [1.807, 2.05) is 6.08 Å². The molecule has 0 amide bonds. The number of hydrogen-bond acceptors (Lipinski definition) is 2. The maximum Gasteiger partial charge on any atom is 0.126 e. The Morgan fingerprint density at radius 3 is 2.47 bits per heavy atom. The zero-order valence-corrected chi connectivity index (χ0v) is 11.4. The zero-order chi connectivity index (χ0) is 12.9. The van der Waals surface area contributed by atoms with Gasteiger partial charge in [-0.3, -0.25) is 0 Å². The Labute approximate surface area is 104 Å². The summed E-state index contributed by atoms with van der Waals surface area (Å²) in [5.74, 6) is 0.101. The number of fused-ring (bicyclic) bond motifs is 1. The summed E-state index contributed by atoms with van der Waals surface area (Å²) in [5, 5.41) is 10.4. The Morgan fingerprint density at radius 2 is 1.88 bits per heavy atom. The highest BCUT2D eigenvalue weighted by Gasteiger charge is 2.55. The molecule has 0 aromatic heterocycles. The summed E-state index contributed by atoms with van der Waals surface area (Å²) >= 11 is 0. The first kappa shape index (κ1) is 12.8. The largest absolute Gasteiger partial charge is 0.385 e. The van der Waals surface area contributed by atoms with Gasteiger partial charge in [0.2, 0.25) is 0 Å². The molecule has 0 heterocycles. The Bertz CT molecular complexity index is 354. The molecule has 2 nitrogen and oxygen atoms in total. The van der Waals surface area contributed by atoms with Gasteiger partial charge in [0.1, 0.15) is 6.29 Å². The lowest BCUT2D eigenvalue weighted by atomic mass is 9.48. The Morgan fingerprint density at radius 1 is 1.24 bits per heavy atom. The molecule has 1 N–H and O–H groups in total. The summed E-state index contributed by atoms with van der Waals surface area (Å²) in [5.41, 5.74) is -0.858. The van der Waals surface area contributed by atoms with Crippen LogP contribution >= 0.6 is 0 Å². The van der Waals surface area contributed by atoms with Gasteiger partial charge in [0.15, 0.2) is 0 Å². The average Bonchev–Trinajstić information content (AvgIpc) is 2.14.